The van der Waals surface area contributed by atoms with Crippen LogP contribution in [0.15, 0.2) is 22.7 Å². The zero-order valence-electron chi connectivity index (χ0n) is 9.58. The van der Waals surface area contributed by atoms with Crippen LogP contribution >= 0.6 is 27.5 Å². The molecule has 0 saturated carbocycles. The van der Waals surface area contributed by atoms with Gasteiger partial charge in [-0.15, -0.1) is 0 Å². The number of rotatable bonds is 3. The average Bonchev–Trinajstić information content (AvgIpc) is 2.69. The maximum absolute atomic E-state index is 11.8. The van der Waals surface area contributed by atoms with Crippen molar-refractivity contribution in [3.05, 3.63) is 27.7 Å². The number of nitrogens with one attached hydrogen (secondary N) is 1. The molecule has 96 valence electrons. The first-order valence-electron chi connectivity index (χ1n) is 5.59. The lowest BCUT2D eigenvalue weighted by Gasteiger charge is -2.15. The third-order valence-electron chi connectivity index (χ3n) is 2.71. The Morgan fingerprint density at radius 2 is 2.28 bits per heavy atom. The van der Waals surface area contributed by atoms with Crippen molar-refractivity contribution >= 4 is 45.0 Å². The third-order valence-corrected chi connectivity index (χ3v) is 3.60. The van der Waals surface area contributed by atoms with E-state index in [4.69, 9.17) is 11.6 Å². The summed E-state index contributed by atoms with van der Waals surface area (Å²) < 4.78 is 0.719. The molecule has 0 radical (unpaired) electrons. The summed E-state index contributed by atoms with van der Waals surface area (Å²) in [7, 11) is 0. The average molecular weight is 332 g/mol. The molecule has 1 aliphatic heterocycles. The van der Waals surface area contributed by atoms with Crippen molar-refractivity contribution in [2.75, 3.05) is 18.4 Å². The molecule has 1 N–H and O–H groups in total. The molecule has 1 fully saturated rings. The molecule has 18 heavy (non-hydrogen) atoms. The number of hydrogen-bond donors (Lipinski definition) is 1. The number of carbonyl (C=O) groups is 2. The predicted molar refractivity (Wildman–Crippen MR) is 73.6 cm³/mol. The number of carbonyl (C=O) groups excluding carboxylic acids is 2. The Kier molecular flexibility index (Phi) is 4.24. The molecule has 0 aliphatic carbocycles. The first kappa shape index (κ1) is 13.4. The van der Waals surface area contributed by atoms with Gasteiger partial charge in [-0.1, -0.05) is 11.6 Å². The summed E-state index contributed by atoms with van der Waals surface area (Å²) in [6.45, 7) is 0.766. The van der Waals surface area contributed by atoms with Crippen LogP contribution in [0.3, 0.4) is 0 Å². The van der Waals surface area contributed by atoms with Crippen molar-refractivity contribution in [3.8, 4) is 0 Å². The van der Waals surface area contributed by atoms with Crippen molar-refractivity contribution in [3.63, 3.8) is 0 Å². The summed E-state index contributed by atoms with van der Waals surface area (Å²) in [6, 6.07) is 5.12. The smallest absolute Gasteiger partial charge is 0.244 e. The molecule has 1 heterocycles. The fraction of sp³-hybridized carbons (Fsp3) is 0.333. The van der Waals surface area contributed by atoms with Crippen LogP contribution in [0, 0.1) is 0 Å². The van der Waals surface area contributed by atoms with Gasteiger partial charge in [0.25, 0.3) is 0 Å². The fourth-order valence-corrected chi connectivity index (χ4v) is 2.61. The fourth-order valence-electron chi connectivity index (χ4n) is 1.83. The van der Waals surface area contributed by atoms with Crippen LogP contribution in [-0.2, 0) is 9.59 Å². The molecular weight excluding hydrogens is 320 g/mol. The molecule has 0 unspecified atom stereocenters. The topological polar surface area (TPSA) is 49.4 Å². The van der Waals surface area contributed by atoms with Gasteiger partial charge in [-0.3, -0.25) is 9.59 Å². The lowest BCUT2D eigenvalue weighted by Crippen LogP contribution is -2.34. The van der Waals surface area contributed by atoms with Crippen LogP contribution in [-0.4, -0.2) is 29.8 Å². The molecule has 0 spiro atoms. The minimum atomic E-state index is -0.201. The highest BCUT2D eigenvalue weighted by Gasteiger charge is 2.22. The Labute approximate surface area is 118 Å². The van der Waals surface area contributed by atoms with E-state index in [1.54, 1.807) is 23.1 Å². The zero-order chi connectivity index (χ0) is 13.1. The second-order valence-corrected chi connectivity index (χ2v) is 5.38. The van der Waals surface area contributed by atoms with Gasteiger partial charge < -0.3 is 10.2 Å². The van der Waals surface area contributed by atoms with Crippen LogP contribution < -0.4 is 5.32 Å². The van der Waals surface area contributed by atoms with Gasteiger partial charge in [0, 0.05) is 22.5 Å². The van der Waals surface area contributed by atoms with Crippen LogP contribution in [0.25, 0.3) is 0 Å². The van der Waals surface area contributed by atoms with Gasteiger partial charge in [0.05, 0.1) is 12.2 Å². The molecule has 2 amide bonds. The number of benzene rings is 1. The largest absolute Gasteiger partial charge is 0.333 e. The Balaban J connectivity index is 1.96. The quantitative estimate of drug-likeness (QED) is 0.926. The Bertz CT molecular complexity index is 493. The number of halogens is 2. The molecule has 4 nitrogen and oxygen atoms in total. The van der Waals surface area contributed by atoms with E-state index >= 15 is 0 Å². The molecule has 0 aromatic heterocycles. The van der Waals surface area contributed by atoms with E-state index in [1.807, 2.05) is 0 Å². The minimum Gasteiger partial charge on any atom is -0.333 e. The Morgan fingerprint density at radius 3 is 2.89 bits per heavy atom. The highest BCUT2D eigenvalue weighted by molar-refractivity contribution is 9.10. The number of amides is 2. The van der Waals surface area contributed by atoms with Crippen molar-refractivity contribution in [1.82, 2.24) is 4.90 Å². The van der Waals surface area contributed by atoms with E-state index in [9.17, 15) is 9.59 Å². The summed E-state index contributed by atoms with van der Waals surface area (Å²) in [6.07, 6.45) is 1.37. The highest BCUT2D eigenvalue weighted by Crippen LogP contribution is 2.25. The normalized spacial score (nSPS) is 15.0. The van der Waals surface area contributed by atoms with Gasteiger partial charge in [-0.25, -0.2) is 0 Å². The highest BCUT2D eigenvalue weighted by atomic mass is 79.9. The summed E-state index contributed by atoms with van der Waals surface area (Å²) in [5, 5.41) is 3.34. The minimum absolute atomic E-state index is 0.0420. The SMILES string of the molecule is O=C(CN1CCCC1=O)Nc1ccc(Cl)cc1Br. The van der Waals surface area contributed by atoms with Crippen LogP contribution in [0.1, 0.15) is 12.8 Å². The summed E-state index contributed by atoms with van der Waals surface area (Å²) >= 11 is 9.13. The summed E-state index contributed by atoms with van der Waals surface area (Å²) in [5.41, 5.74) is 0.649. The van der Waals surface area contributed by atoms with Crippen molar-refractivity contribution < 1.29 is 9.59 Å². The Hall–Kier alpha value is -1.07. The predicted octanol–water partition coefficient (Wildman–Crippen LogP) is 2.66. The van der Waals surface area contributed by atoms with E-state index < -0.39 is 0 Å². The molecule has 1 aromatic rings. The summed E-state index contributed by atoms with van der Waals surface area (Å²) in [4.78, 5) is 24.8. The molecular formula is C12H12BrClN2O2. The Morgan fingerprint density at radius 1 is 1.50 bits per heavy atom. The molecule has 1 aromatic carbocycles. The molecule has 0 bridgehead atoms. The second-order valence-electron chi connectivity index (χ2n) is 4.09. The maximum atomic E-state index is 11.8. The number of hydrogen-bond acceptors (Lipinski definition) is 2. The first-order chi connectivity index (χ1) is 8.56. The van der Waals surface area contributed by atoms with Crippen LogP contribution in [0.4, 0.5) is 5.69 Å². The monoisotopic (exact) mass is 330 g/mol. The van der Waals surface area contributed by atoms with Gasteiger partial charge in [0.1, 0.15) is 0 Å². The standard InChI is InChI=1S/C12H12BrClN2O2/c13-9-6-8(14)3-4-10(9)15-11(17)7-16-5-1-2-12(16)18/h3-4,6H,1-2,5,7H2,(H,15,17). The van der Waals surface area contributed by atoms with E-state index in [0.717, 1.165) is 10.9 Å². The van der Waals surface area contributed by atoms with E-state index in [-0.39, 0.29) is 18.4 Å². The van der Waals surface area contributed by atoms with Crippen molar-refractivity contribution in [1.29, 1.82) is 0 Å². The number of anilines is 1. The number of nitrogens with zero attached hydrogens (tertiary/aromatic N) is 1. The second kappa shape index (κ2) is 5.71. The van der Waals surface area contributed by atoms with Gasteiger partial charge in [0.2, 0.25) is 11.8 Å². The van der Waals surface area contributed by atoms with Crippen LogP contribution in [0.5, 0.6) is 0 Å². The van der Waals surface area contributed by atoms with Crippen molar-refractivity contribution in [2.45, 2.75) is 12.8 Å². The lowest BCUT2D eigenvalue weighted by atomic mass is 10.3. The first-order valence-corrected chi connectivity index (χ1v) is 6.76. The molecule has 0 atom stereocenters. The molecule has 1 saturated heterocycles. The molecule has 6 heteroatoms. The van der Waals surface area contributed by atoms with Gasteiger partial charge >= 0.3 is 0 Å². The van der Waals surface area contributed by atoms with Gasteiger partial charge in [-0.05, 0) is 40.5 Å². The van der Waals surface area contributed by atoms with E-state index in [0.29, 0.717) is 23.7 Å². The van der Waals surface area contributed by atoms with Crippen LogP contribution in [0.2, 0.25) is 5.02 Å². The van der Waals surface area contributed by atoms with E-state index in [2.05, 4.69) is 21.2 Å². The van der Waals surface area contributed by atoms with Gasteiger partial charge in [-0.2, -0.15) is 0 Å². The zero-order valence-corrected chi connectivity index (χ0v) is 11.9. The molecule has 1 aliphatic rings. The molecule has 2 rings (SSSR count). The maximum Gasteiger partial charge on any atom is 0.244 e. The lowest BCUT2D eigenvalue weighted by molar-refractivity contribution is -0.131. The van der Waals surface area contributed by atoms with E-state index in [1.165, 1.54) is 0 Å². The summed E-state index contributed by atoms with van der Waals surface area (Å²) in [5.74, 6) is -0.159. The van der Waals surface area contributed by atoms with Crippen molar-refractivity contribution in [2.24, 2.45) is 0 Å². The number of likely N-dealkylation sites (tertiary alicyclic amines) is 1. The third kappa shape index (κ3) is 3.23. The van der Waals surface area contributed by atoms with Gasteiger partial charge in [0.15, 0.2) is 0 Å².